The lowest BCUT2D eigenvalue weighted by Crippen LogP contribution is -2.48. The molecule has 1 aromatic carbocycles. The van der Waals surface area contributed by atoms with Crippen LogP contribution in [0.25, 0.3) is 11.0 Å². The molecule has 0 saturated carbocycles. The van der Waals surface area contributed by atoms with Crippen LogP contribution in [0.15, 0.2) is 47.4 Å². The third kappa shape index (κ3) is 9.99. The molecule has 0 aliphatic heterocycles. The van der Waals surface area contributed by atoms with Crippen LogP contribution < -0.4 is 16.2 Å². The average molecular weight is 668 g/mol. The van der Waals surface area contributed by atoms with E-state index in [4.69, 9.17) is 9.72 Å². The van der Waals surface area contributed by atoms with Gasteiger partial charge in [0, 0.05) is 40.5 Å². The Hall–Kier alpha value is -5.01. The highest BCUT2D eigenvalue weighted by atomic mass is 19.1. The summed E-state index contributed by atoms with van der Waals surface area (Å²) >= 11 is 0. The predicted molar refractivity (Wildman–Crippen MR) is 181 cm³/mol. The first kappa shape index (κ1) is 37.4. The number of carbonyl (C=O) groups excluding carboxylic acids is 4. The van der Waals surface area contributed by atoms with Gasteiger partial charge in [0.25, 0.3) is 5.56 Å². The number of aromatic nitrogens is 3. The van der Waals surface area contributed by atoms with Crippen LogP contribution in [0.3, 0.4) is 0 Å². The standard InChI is InChI=1S/C34H46FN7O6/c1-21(2)17-22-18-23(35)19-26-29(22)38-27(42(26)33(47)48-34(3,4)5)20-41-16-12-14-25(31(41)45)36-30(44)24(37-32(46)40(8)9)13-10-11-15-28(43)39(6)7/h11-12,14-16,18-19,21,24H,10,13,17,20H2,1-9H3,(H,36,44)(H,37,46)/b15-11+/t24-/m0/s1. The van der Waals surface area contributed by atoms with Crippen molar-refractivity contribution in [2.45, 2.75) is 72.1 Å². The number of benzene rings is 1. The molecule has 0 fully saturated rings. The Morgan fingerprint density at radius 3 is 2.38 bits per heavy atom. The Labute approximate surface area is 279 Å². The Kier molecular flexibility index (Phi) is 12.3. The van der Waals surface area contributed by atoms with E-state index in [1.54, 1.807) is 47.0 Å². The Bertz CT molecular complexity index is 1750. The van der Waals surface area contributed by atoms with Crippen LogP contribution in [-0.2, 0) is 27.3 Å². The number of imidazole rings is 1. The van der Waals surface area contributed by atoms with Crippen LogP contribution in [0.5, 0.6) is 0 Å². The highest BCUT2D eigenvalue weighted by molar-refractivity contribution is 5.97. The van der Waals surface area contributed by atoms with Gasteiger partial charge in [-0.25, -0.2) is 23.5 Å². The number of nitrogens with zero attached hydrogens (tertiary/aromatic N) is 5. The number of fused-ring (bicyclic) bond motifs is 1. The molecule has 3 aromatic rings. The van der Waals surface area contributed by atoms with Crippen molar-refractivity contribution in [1.29, 1.82) is 0 Å². The molecule has 2 aromatic heterocycles. The molecule has 0 radical (unpaired) electrons. The topological polar surface area (TPSA) is 148 Å². The Morgan fingerprint density at radius 2 is 1.77 bits per heavy atom. The molecular formula is C34H46FN7O6. The third-order valence-corrected chi connectivity index (χ3v) is 7.01. The lowest BCUT2D eigenvalue weighted by atomic mass is 10.0. The number of likely N-dealkylation sites (N-methyl/N-ethyl adjacent to an activating group) is 1. The molecule has 4 amide bonds. The quantitative estimate of drug-likeness (QED) is 0.289. The Morgan fingerprint density at radius 1 is 1.08 bits per heavy atom. The molecule has 0 unspecified atom stereocenters. The van der Waals surface area contributed by atoms with Crippen molar-refractivity contribution >= 4 is 40.7 Å². The lowest BCUT2D eigenvalue weighted by Gasteiger charge is -2.21. The van der Waals surface area contributed by atoms with Crippen LogP contribution in [0, 0.1) is 11.7 Å². The SMILES string of the molecule is CC(C)Cc1cc(F)cc2c1nc(Cn1cccc(NC(=O)[C@H](CC/C=C/C(=O)N(C)C)NC(=O)N(C)C)c1=O)n2C(=O)OC(C)(C)C. The van der Waals surface area contributed by atoms with Crippen molar-refractivity contribution in [2.24, 2.45) is 5.92 Å². The molecule has 0 aliphatic rings. The molecule has 0 bridgehead atoms. The van der Waals surface area contributed by atoms with Gasteiger partial charge < -0.3 is 29.7 Å². The number of allylic oxidation sites excluding steroid dienone is 1. The van der Waals surface area contributed by atoms with Crippen LogP contribution in [0.2, 0.25) is 0 Å². The lowest BCUT2D eigenvalue weighted by molar-refractivity contribution is -0.123. The van der Waals surface area contributed by atoms with Gasteiger partial charge >= 0.3 is 12.1 Å². The van der Waals surface area contributed by atoms with Gasteiger partial charge in [0.2, 0.25) is 11.8 Å². The first-order chi connectivity index (χ1) is 22.4. The molecule has 2 heterocycles. The zero-order valence-electron chi connectivity index (χ0n) is 29.1. The van der Waals surface area contributed by atoms with Crippen molar-refractivity contribution < 1.29 is 28.3 Å². The number of hydrogen-bond donors (Lipinski definition) is 2. The van der Waals surface area contributed by atoms with Gasteiger partial charge in [0.1, 0.15) is 29.0 Å². The van der Waals surface area contributed by atoms with Crippen molar-refractivity contribution in [2.75, 3.05) is 33.5 Å². The minimum atomic E-state index is -1.03. The molecule has 260 valence electrons. The number of urea groups is 1. The summed E-state index contributed by atoms with van der Waals surface area (Å²) in [7, 11) is 6.29. The van der Waals surface area contributed by atoms with E-state index >= 15 is 0 Å². The van der Waals surface area contributed by atoms with Crippen LogP contribution in [0.4, 0.5) is 19.7 Å². The van der Waals surface area contributed by atoms with Crippen LogP contribution in [-0.4, -0.2) is 87.7 Å². The smallest absolute Gasteiger partial charge is 0.420 e. The maximum Gasteiger partial charge on any atom is 0.420 e. The second-order valence-corrected chi connectivity index (χ2v) is 13.3. The molecule has 1 atom stereocenters. The number of hydrogen-bond acceptors (Lipinski definition) is 7. The molecule has 48 heavy (non-hydrogen) atoms. The number of amides is 4. The third-order valence-electron chi connectivity index (χ3n) is 7.01. The normalized spacial score (nSPS) is 12.3. The number of pyridine rings is 1. The predicted octanol–water partition coefficient (Wildman–Crippen LogP) is 4.37. The minimum absolute atomic E-state index is 0.0728. The largest absolute Gasteiger partial charge is 0.443 e. The molecule has 0 spiro atoms. The summed E-state index contributed by atoms with van der Waals surface area (Å²) in [6.45, 7) is 8.89. The summed E-state index contributed by atoms with van der Waals surface area (Å²) in [5.41, 5.74) is -0.287. The fraction of sp³-hybridized carbons (Fsp3) is 0.471. The maximum atomic E-state index is 14.8. The van der Waals surface area contributed by atoms with Gasteiger partial charge in [-0.15, -0.1) is 0 Å². The molecule has 3 rings (SSSR count). The Balaban J connectivity index is 1.98. The van der Waals surface area contributed by atoms with Crippen LogP contribution in [0.1, 0.15) is 58.8 Å². The first-order valence-electron chi connectivity index (χ1n) is 15.7. The number of halogens is 1. The van der Waals surface area contributed by atoms with Crippen molar-refractivity contribution in [3.8, 4) is 0 Å². The van der Waals surface area contributed by atoms with Crippen LogP contribution >= 0.6 is 0 Å². The van der Waals surface area contributed by atoms with Gasteiger partial charge in [-0.05, 0) is 75.8 Å². The van der Waals surface area contributed by atoms with E-state index in [1.807, 2.05) is 13.8 Å². The van der Waals surface area contributed by atoms with E-state index in [2.05, 4.69) is 10.6 Å². The van der Waals surface area contributed by atoms with E-state index in [-0.39, 0.29) is 41.8 Å². The monoisotopic (exact) mass is 667 g/mol. The number of rotatable bonds is 11. The van der Waals surface area contributed by atoms with E-state index < -0.39 is 41.1 Å². The van der Waals surface area contributed by atoms with Gasteiger partial charge in [-0.2, -0.15) is 0 Å². The number of anilines is 1. The van der Waals surface area contributed by atoms with Gasteiger partial charge in [0.15, 0.2) is 0 Å². The summed E-state index contributed by atoms with van der Waals surface area (Å²) < 4.78 is 22.9. The summed E-state index contributed by atoms with van der Waals surface area (Å²) in [5.74, 6) is -1.08. The summed E-state index contributed by atoms with van der Waals surface area (Å²) in [5, 5.41) is 5.25. The summed E-state index contributed by atoms with van der Waals surface area (Å²) in [6.07, 6.45) is 4.64. The fourth-order valence-corrected chi connectivity index (χ4v) is 4.74. The first-order valence-corrected chi connectivity index (χ1v) is 15.7. The second kappa shape index (κ2) is 15.7. The zero-order chi connectivity index (χ0) is 35.9. The fourth-order valence-electron chi connectivity index (χ4n) is 4.74. The van der Waals surface area contributed by atoms with Gasteiger partial charge in [-0.1, -0.05) is 19.9 Å². The van der Waals surface area contributed by atoms with Gasteiger partial charge in [-0.3, -0.25) is 14.4 Å². The minimum Gasteiger partial charge on any atom is -0.443 e. The average Bonchev–Trinajstić information content (AvgIpc) is 3.33. The van der Waals surface area contributed by atoms with Crippen molar-refractivity contribution in [1.82, 2.24) is 29.2 Å². The summed E-state index contributed by atoms with van der Waals surface area (Å²) in [4.78, 5) is 72.1. The molecule has 0 aliphatic carbocycles. The number of nitrogens with one attached hydrogen (secondary N) is 2. The second-order valence-electron chi connectivity index (χ2n) is 13.3. The van der Waals surface area contributed by atoms with E-state index in [0.717, 1.165) is 0 Å². The molecule has 13 nitrogen and oxygen atoms in total. The van der Waals surface area contributed by atoms with E-state index in [0.29, 0.717) is 23.9 Å². The number of carbonyl (C=O) groups is 4. The molecular weight excluding hydrogens is 621 g/mol. The highest BCUT2D eigenvalue weighted by Gasteiger charge is 2.26. The van der Waals surface area contributed by atoms with Crippen molar-refractivity contribution in [3.05, 3.63) is 70.2 Å². The molecule has 0 saturated heterocycles. The highest BCUT2D eigenvalue weighted by Crippen LogP contribution is 2.26. The van der Waals surface area contributed by atoms with E-state index in [9.17, 15) is 28.4 Å². The number of ether oxygens (including phenoxy) is 1. The molecule has 14 heteroatoms. The maximum absolute atomic E-state index is 14.8. The zero-order valence-corrected chi connectivity index (χ0v) is 29.1. The molecule has 2 N–H and O–H groups in total. The van der Waals surface area contributed by atoms with Crippen molar-refractivity contribution in [3.63, 3.8) is 0 Å². The summed E-state index contributed by atoms with van der Waals surface area (Å²) in [6, 6.07) is 4.03. The van der Waals surface area contributed by atoms with E-state index in [1.165, 1.54) is 63.5 Å². The van der Waals surface area contributed by atoms with Gasteiger partial charge in [0.05, 0.1) is 17.6 Å².